The summed E-state index contributed by atoms with van der Waals surface area (Å²) in [5.74, 6) is -2.06. The van der Waals surface area contributed by atoms with Gasteiger partial charge in [0.15, 0.2) is 23.1 Å². The topological polar surface area (TPSA) is 85.9 Å². The first kappa shape index (κ1) is 21.9. The van der Waals surface area contributed by atoms with Gasteiger partial charge in [-0.05, 0) is 36.8 Å². The summed E-state index contributed by atoms with van der Waals surface area (Å²) in [6.07, 6.45) is 0. The molecule has 9 heteroatoms. The van der Waals surface area contributed by atoms with Crippen molar-refractivity contribution >= 4 is 11.8 Å². The highest BCUT2D eigenvalue weighted by Crippen LogP contribution is 2.38. The van der Waals surface area contributed by atoms with E-state index in [1.165, 1.54) is 39.5 Å². The van der Waals surface area contributed by atoms with Crippen molar-refractivity contribution in [3.63, 3.8) is 0 Å². The summed E-state index contributed by atoms with van der Waals surface area (Å²) in [6.45, 7) is 1.30. The van der Waals surface area contributed by atoms with E-state index in [1.54, 1.807) is 6.92 Å². The molecule has 0 fully saturated rings. The molecule has 29 heavy (non-hydrogen) atoms. The number of benzene rings is 2. The van der Waals surface area contributed by atoms with Gasteiger partial charge >= 0.3 is 0 Å². The van der Waals surface area contributed by atoms with Crippen LogP contribution in [0.3, 0.4) is 0 Å². The number of halogens is 2. The van der Waals surface area contributed by atoms with Crippen LogP contribution in [0.5, 0.6) is 17.2 Å². The predicted octanol–water partition coefficient (Wildman–Crippen LogP) is 2.60. The first-order valence-electron chi connectivity index (χ1n) is 8.63. The third kappa shape index (κ3) is 5.34. The lowest BCUT2D eigenvalue weighted by molar-refractivity contribution is -0.120. The number of rotatable bonds is 8. The van der Waals surface area contributed by atoms with Gasteiger partial charge < -0.3 is 24.8 Å². The Kier molecular flexibility index (Phi) is 7.35. The lowest BCUT2D eigenvalue weighted by Crippen LogP contribution is -2.38. The fourth-order valence-corrected chi connectivity index (χ4v) is 2.63. The molecule has 2 amide bonds. The summed E-state index contributed by atoms with van der Waals surface area (Å²) in [4.78, 5) is 24.5. The largest absolute Gasteiger partial charge is 0.493 e. The Labute approximate surface area is 167 Å². The zero-order chi connectivity index (χ0) is 21.6. The number of ether oxygens (including phenoxy) is 3. The molecule has 2 aromatic carbocycles. The van der Waals surface area contributed by atoms with E-state index in [9.17, 15) is 18.4 Å². The molecule has 0 radical (unpaired) electrons. The van der Waals surface area contributed by atoms with Crippen LogP contribution in [0.2, 0.25) is 0 Å². The molecule has 1 atom stereocenters. The van der Waals surface area contributed by atoms with Crippen LogP contribution in [0.4, 0.5) is 8.78 Å². The van der Waals surface area contributed by atoms with E-state index in [4.69, 9.17) is 14.2 Å². The first-order chi connectivity index (χ1) is 13.8. The molecular formula is C20H22F2N2O5. The van der Waals surface area contributed by atoms with Gasteiger partial charge in [-0.1, -0.05) is 6.07 Å². The molecule has 0 aromatic heterocycles. The van der Waals surface area contributed by atoms with Gasteiger partial charge in [-0.3, -0.25) is 9.59 Å². The van der Waals surface area contributed by atoms with Crippen LogP contribution in [0.1, 0.15) is 28.9 Å². The van der Waals surface area contributed by atoms with Crippen molar-refractivity contribution in [1.29, 1.82) is 0 Å². The van der Waals surface area contributed by atoms with E-state index in [2.05, 4.69) is 10.6 Å². The highest BCUT2D eigenvalue weighted by molar-refractivity contribution is 5.97. The molecular weight excluding hydrogens is 386 g/mol. The van der Waals surface area contributed by atoms with Crippen molar-refractivity contribution in [1.82, 2.24) is 10.6 Å². The molecule has 0 bridgehead atoms. The minimum absolute atomic E-state index is 0.209. The Bertz CT molecular complexity index is 879. The third-order valence-electron chi connectivity index (χ3n) is 4.16. The van der Waals surface area contributed by atoms with Gasteiger partial charge in [0, 0.05) is 5.56 Å². The summed E-state index contributed by atoms with van der Waals surface area (Å²) in [5.41, 5.74) is 0.606. The van der Waals surface area contributed by atoms with Crippen LogP contribution in [0.25, 0.3) is 0 Å². The number of carbonyl (C=O) groups is 2. The van der Waals surface area contributed by atoms with E-state index in [0.717, 1.165) is 12.1 Å². The zero-order valence-electron chi connectivity index (χ0n) is 16.5. The maximum absolute atomic E-state index is 13.3. The maximum Gasteiger partial charge on any atom is 0.251 e. The Balaban J connectivity index is 2.01. The van der Waals surface area contributed by atoms with Crippen molar-refractivity contribution in [2.45, 2.75) is 13.0 Å². The SMILES string of the molecule is COc1cc(C(=O)NCC(=O)NC(C)c2ccc(F)c(F)c2)cc(OC)c1OC. The van der Waals surface area contributed by atoms with Crippen molar-refractivity contribution in [3.8, 4) is 17.2 Å². The van der Waals surface area contributed by atoms with Crippen LogP contribution in [-0.4, -0.2) is 39.7 Å². The van der Waals surface area contributed by atoms with Crippen LogP contribution in [0, 0.1) is 11.6 Å². The number of methoxy groups -OCH3 is 3. The zero-order valence-corrected chi connectivity index (χ0v) is 16.5. The number of hydrogen-bond donors (Lipinski definition) is 2. The van der Waals surface area contributed by atoms with E-state index in [0.29, 0.717) is 22.8 Å². The van der Waals surface area contributed by atoms with Crippen molar-refractivity contribution in [2.75, 3.05) is 27.9 Å². The Morgan fingerprint density at radius 2 is 1.59 bits per heavy atom. The number of hydrogen-bond acceptors (Lipinski definition) is 5. The molecule has 0 aliphatic rings. The van der Waals surface area contributed by atoms with Gasteiger partial charge in [0.2, 0.25) is 11.7 Å². The van der Waals surface area contributed by atoms with Crippen LogP contribution in [-0.2, 0) is 4.79 Å². The first-order valence-corrected chi connectivity index (χ1v) is 8.63. The minimum atomic E-state index is -1.00. The molecule has 0 aliphatic heterocycles. The fraction of sp³-hybridized carbons (Fsp3) is 0.300. The number of carbonyl (C=O) groups excluding carboxylic acids is 2. The molecule has 7 nitrogen and oxygen atoms in total. The van der Waals surface area contributed by atoms with Crippen molar-refractivity contribution < 1.29 is 32.6 Å². The molecule has 2 aromatic rings. The average Bonchev–Trinajstić information content (AvgIpc) is 2.72. The van der Waals surface area contributed by atoms with Crippen LogP contribution >= 0.6 is 0 Å². The lowest BCUT2D eigenvalue weighted by atomic mass is 10.1. The number of amides is 2. The summed E-state index contributed by atoms with van der Waals surface area (Å²) in [6, 6.07) is 5.71. The summed E-state index contributed by atoms with van der Waals surface area (Å²) < 4.78 is 41.9. The van der Waals surface area contributed by atoms with Gasteiger partial charge in [-0.25, -0.2) is 8.78 Å². The molecule has 1 unspecified atom stereocenters. The minimum Gasteiger partial charge on any atom is -0.493 e. The Hall–Kier alpha value is -3.36. The lowest BCUT2D eigenvalue weighted by Gasteiger charge is -2.16. The van der Waals surface area contributed by atoms with E-state index < -0.39 is 29.5 Å². The van der Waals surface area contributed by atoms with Gasteiger partial charge in [0.05, 0.1) is 33.9 Å². The standard InChI is InChI=1S/C20H22F2N2O5/c1-11(12-5-6-14(21)15(22)7-12)24-18(25)10-23-20(26)13-8-16(27-2)19(29-4)17(9-13)28-3/h5-9,11H,10H2,1-4H3,(H,23,26)(H,24,25). The molecule has 0 saturated heterocycles. The number of nitrogens with one attached hydrogen (secondary N) is 2. The van der Waals surface area contributed by atoms with Crippen LogP contribution in [0.15, 0.2) is 30.3 Å². The van der Waals surface area contributed by atoms with Gasteiger partial charge in [-0.15, -0.1) is 0 Å². The Morgan fingerprint density at radius 3 is 2.10 bits per heavy atom. The van der Waals surface area contributed by atoms with E-state index in [-0.39, 0.29) is 12.1 Å². The highest BCUT2D eigenvalue weighted by Gasteiger charge is 2.18. The molecule has 0 saturated carbocycles. The monoisotopic (exact) mass is 408 g/mol. The molecule has 2 N–H and O–H groups in total. The van der Waals surface area contributed by atoms with Gasteiger partial charge in [0.25, 0.3) is 5.91 Å². The molecule has 0 heterocycles. The van der Waals surface area contributed by atoms with Gasteiger partial charge in [-0.2, -0.15) is 0 Å². The summed E-state index contributed by atoms with van der Waals surface area (Å²) in [7, 11) is 4.29. The van der Waals surface area contributed by atoms with Crippen molar-refractivity contribution in [2.24, 2.45) is 0 Å². The molecule has 156 valence electrons. The van der Waals surface area contributed by atoms with E-state index in [1.807, 2.05) is 0 Å². The predicted molar refractivity (Wildman–Crippen MR) is 101 cm³/mol. The summed E-state index contributed by atoms with van der Waals surface area (Å²) >= 11 is 0. The highest BCUT2D eigenvalue weighted by atomic mass is 19.2. The second kappa shape index (κ2) is 9.72. The second-order valence-electron chi connectivity index (χ2n) is 6.06. The quantitative estimate of drug-likeness (QED) is 0.701. The second-order valence-corrected chi connectivity index (χ2v) is 6.06. The smallest absolute Gasteiger partial charge is 0.251 e. The molecule has 2 rings (SSSR count). The normalized spacial score (nSPS) is 11.4. The average molecular weight is 408 g/mol. The molecule has 0 aliphatic carbocycles. The van der Waals surface area contributed by atoms with Crippen molar-refractivity contribution in [3.05, 3.63) is 53.1 Å². The Morgan fingerprint density at radius 1 is 0.966 bits per heavy atom. The van der Waals surface area contributed by atoms with Crippen LogP contribution < -0.4 is 24.8 Å². The van der Waals surface area contributed by atoms with E-state index >= 15 is 0 Å². The van der Waals surface area contributed by atoms with Gasteiger partial charge in [0.1, 0.15) is 0 Å². The fourth-order valence-electron chi connectivity index (χ4n) is 2.63. The summed E-state index contributed by atoms with van der Waals surface area (Å²) in [5, 5.41) is 5.08. The third-order valence-corrected chi connectivity index (χ3v) is 4.16. The maximum atomic E-state index is 13.3. The molecule has 0 spiro atoms.